The van der Waals surface area contributed by atoms with Gasteiger partial charge in [-0.1, -0.05) is 22.0 Å². The summed E-state index contributed by atoms with van der Waals surface area (Å²) in [7, 11) is 0. The molecule has 0 spiro atoms. The van der Waals surface area contributed by atoms with Crippen LogP contribution >= 0.6 is 27.3 Å². The van der Waals surface area contributed by atoms with Gasteiger partial charge in [0.2, 0.25) is 5.91 Å². The van der Waals surface area contributed by atoms with Gasteiger partial charge < -0.3 is 0 Å². The van der Waals surface area contributed by atoms with E-state index in [0.29, 0.717) is 13.0 Å². The van der Waals surface area contributed by atoms with Gasteiger partial charge in [-0.2, -0.15) is 5.10 Å². The van der Waals surface area contributed by atoms with Gasteiger partial charge in [-0.3, -0.25) is 14.8 Å². The van der Waals surface area contributed by atoms with Gasteiger partial charge in [-0.05, 0) is 18.4 Å². The Hall–Kier alpha value is -1.14. The second-order valence-corrected chi connectivity index (χ2v) is 6.57. The number of carbonyl (C=O) groups is 1. The average Bonchev–Trinajstić information content (AvgIpc) is 2.99. The predicted octanol–water partition coefficient (Wildman–Crippen LogP) is 2.95. The van der Waals surface area contributed by atoms with Crippen LogP contribution in [0.25, 0.3) is 10.6 Å². The lowest BCUT2D eigenvalue weighted by Gasteiger charge is -2.13. The van der Waals surface area contributed by atoms with E-state index >= 15 is 0 Å². The number of aromatic amines is 1. The second-order valence-electron chi connectivity index (χ2n) is 4.33. The number of carbonyl (C=O) groups excluding carboxylic acids is 1. The van der Waals surface area contributed by atoms with Crippen molar-refractivity contribution in [2.45, 2.75) is 18.2 Å². The normalized spacial score (nSPS) is 19.8. The van der Waals surface area contributed by atoms with Crippen LogP contribution in [0, 0.1) is 6.92 Å². The van der Waals surface area contributed by atoms with Crippen LogP contribution in [-0.2, 0) is 4.79 Å². The molecule has 1 fully saturated rings. The van der Waals surface area contributed by atoms with E-state index in [0.717, 1.165) is 22.0 Å². The molecule has 1 saturated heterocycles. The fourth-order valence-electron chi connectivity index (χ4n) is 2.18. The number of amides is 1. The van der Waals surface area contributed by atoms with E-state index in [9.17, 15) is 4.79 Å². The Morgan fingerprint density at radius 2 is 2.44 bits per heavy atom. The Kier molecular flexibility index (Phi) is 2.99. The first-order valence-electron chi connectivity index (χ1n) is 5.70. The predicted molar refractivity (Wildman–Crippen MR) is 76.3 cm³/mol. The molecular weight excluding hydrogens is 314 g/mol. The van der Waals surface area contributed by atoms with Gasteiger partial charge in [0.15, 0.2) is 5.82 Å². The number of hydrogen-bond acceptors (Lipinski definition) is 3. The van der Waals surface area contributed by atoms with Crippen LogP contribution in [0.2, 0.25) is 0 Å². The molecule has 0 aliphatic carbocycles. The molecule has 18 heavy (non-hydrogen) atoms. The van der Waals surface area contributed by atoms with E-state index in [1.54, 1.807) is 16.2 Å². The van der Waals surface area contributed by atoms with Crippen LogP contribution in [0.15, 0.2) is 17.5 Å². The monoisotopic (exact) mass is 325 g/mol. The standard InChI is InChI=1S/C12H12BrN3OS/c1-7-11(9-3-2-4-18-9)14-15-12(7)16-6-8(13)5-10(16)17/h2-4,8H,5-6H2,1H3,(H,14,15). The van der Waals surface area contributed by atoms with Gasteiger partial charge in [-0.25, -0.2) is 0 Å². The minimum absolute atomic E-state index is 0.129. The topological polar surface area (TPSA) is 49.0 Å². The zero-order valence-corrected chi connectivity index (χ0v) is 12.2. The fourth-order valence-corrected chi connectivity index (χ4v) is 3.52. The molecule has 2 aromatic heterocycles. The third kappa shape index (κ3) is 1.89. The van der Waals surface area contributed by atoms with E-state index < -0.39 is 0 Å². The first-order chi connectivity index (χ1) is 8.66. The SMILES string of the molecule is Cc1c(N2CC(Br)CC2=O)n[nH]c1-c1cccs1. The number of anilines is 1. The molecule has 3 heterocycles. The van der Waals surface area contributed by atoms with Crippen molar-refractivity contribution in [1.29, 1.82) is 0 Å². The van der Waals surface area contributed by atoms with Gasteiger partial charge in [0.1, 0.15) is 0 Å². The van der Waals surface area contributed by atoms with Crippen molar-refractivity contribution in [2.75, 3.05) is 11.4 Å². The molecule has 1 amide bonds. The molecule has 0 saturated carbocycles. The highest BCUT2D eigenvalue weighted by Gasteiger charge is 2.31. The highest BCUT2D eigenvalue weighted by molar-refractivity contribution is 9.09. The van der Waals surface area contributed by atoms with Crippen LogP contribution in [0.3, 0.4) is 0 Å². The van der Waals surface area contributed by atoms with Crippen molar-refractivity contribution in [1.82, 2.24) is 10.2 Å². The number of halogens is 1. The van der Waals surface area contributed by atoms with Crippen molar-refractivity contribution in [3.63, 3.8) is 0 Å². The van der Waals surface area contributed by atoms with Crippen LogP contribution in [0.5, 0.6) is 0 Å². The number of rotatable bonds is 2. The molecule has 1 unspecified atom stereocenters. The fraction of sp³-hybridized carbons (Fsp3) is 0.333. The van der Waals surface area contributed by atoms with Gasteiger partial charge in [0.25, 0.3) is 0 Å². The average molecular weight is 326 g/mol. The van der Waals surface area contributed by atoms with Crippen LogP contribution < -0.4 is 4.90 Å². The smallest absolute Gasteiger partial charge is 0.229 e. The summed E-state index contributed by atoms with van der Waals surface area (Å²) < 4.78 is 0. The number of nitrogens with one attached hydrogen (secondary N) is 1. The van der Waals surface area contributed by atoms with Crippen molar-refractivity contribution in [3.8, 4) is 10.6 Å². The Labute approximate surface area is 117 Å². The molecule has 1 aliphatic heterocycles. The number of hydrogen-bond donors (Lipinski definition) is 1. The molecule has 94 valence electrons. The molecule has 2 aromatic rings. The van der Waals surface area contributed by atoms with Crippen molar-refractivity contribution in [3.05, 3.63) is 23.1 Å². The largest absolute Gasteiger partial charge is 0.294 e. The molecule has 0 radical (unpaired) electrons. The quantitative estimate of drug-likeness (QED) is 0.863. The molecular formula is C12H12BrN3OS. The first-order valence-corrected chi connectivity index (χ1v) is 7.49. The zero-order chi connectivity index (χ0) is 12.7. The van der Waals surface area contributed by atoms with Crippen molar-refractivity contribution < 1.29 is 4.79 Å². The summed E-state index contributed by atoms with van der Waals surface area (Å²) in [4.78, 5) is 15.0. The van der Waals surface area contributed by atoms with Crippen LogP contribution in [0.1, 0.15) is 12.0 Å². The van der Waals surface area contributed by atoms with E-state index in [2.05, 4.69) is 26.1 Å². The van der Waals surface area contributed by atoms with Gasteiger partial charge >= 0.3 is 0 Å². The van der Waals surface area contributed by atoms with Gasteiger partial charge in [0.05, 0.1) is 10.6 Å². The Balaban J connectivity index is 1.98. The third-order valence-corrected chi connectivity index (χ3v) is 4.59. The van der Waals surface area contributed by atoms with E-state index in [1.165, 1.54) is 0 Å². The maximum absolute atomic E-state index is 11.9. The summed E-state index contributed by atoms with van der Waals surface area (Å²) in [5, 5.41) is 9.38. The Bertz CT molecular complexity index is 578. The lowest BCUT2D eigenvalue weighted by atomic mass is 10.2. The van der Waals surface area contributed by atoms with E-state index in [4.69, 9.17) is 0 Å². The summed E-state index contributed by atoms with van der Waals surface area (Å²) in [6.07, 6.45) is 0.542. The third-order valence-electron chi connectivity index (χ3n) is 3.09. The van der Waals surface area contributed by atoms with Gasteiger partial charge in [0, 0.05) is 23.4 Å². The summed E-state index contributed by atoms with van der Waals surface area (Å²) in [5.41, 5.74) is 2.04. The lowest BCUT2D eigenvalue weighted by molar-refractivity contribution is -0.117. The summed E-state index contributed by atoms with van der Waals surface area (Å²) in [6.45, 7) is 2.69. The summed E-state index contributed by atoms with van der Waals surface area (Å²) in [6, 6.07) is 4.06. The lowest BCUT2D eigenvalue weighted by Crippen LogP contribution is -2.25. The number of thiophene rings is 1. The molecule has 4 nitrogen and oxygen atoms in total. The molecule has 1 atom stereocenters. The Morgan fingerprint density at radius 1 is 1.61 bits per heavy atom. The molecule has 1 N–H and O–H groups in total. The molecule has 6 heteroatoms. The number of H-pyrrole nitrogens is 1. The minimum Gasteiger partial charge on any atom is -0.294 e. The van der Waals surface area contributed by atoms with Crippen molar-refractivity contribution in [2.24, 2.45) is 0 Å². The van der Waals surface area contributed by atoms with Crippen molar-refractivity contribution >= 4 is 39.0 Å². The molecule has 0 bridgehead atoms. The Morgan fingerprint density at radius 3 is 3.06 bits per heavy atom. The van der Waals surface area contributed by atoms with Crippen LogP contribution in [-0.4, -0.2) is 27.5 Å². The van der Waals surface area contributed by atoms with E-state index in [-0.39, 0.29) is 10.7 Å². The zero-order valence-electron chi connectivity index (χ0n) is 9.81. The maximum atomic E-state index is 11.9. The van der Waals surface area contributed by atoms with Crippen LogP contribution in [0.4, 0.5) is 5.82 Å². The molecule has 1 aliphatic rings. The highest BCUT2D eigenvalue weighted by atomic mass is 79.9. The first kappa shape index (κ1) is 11.9. The molecule has 3 rings (SSSR count). The number of alkyl halides is 1. The number of nitrogens with zero attached hydrogens (tertiary/aromatic N) is 2. The highest BCUT2D eigenvalue weighted by Crippen LogP contribution is 2.33. The van der Waals surface area contributed by atoms with Gasteiger partial charge in [-0.15, -0.1) is 11.3 Å². The van der Waals surface area contributed by atoms with E-state index in [1.807, 2.05) is 24.4 Å². The second kappa shape index (κ2) is 4.51. The molecule has 0 aromatic carbocycles. The number of aromatic nitrogens is 2. The summed E-state index contributed by atoms with van der Waals surface area (Å²) in [5.74, 6) is 0.884. The maximum Gasteiger partial charge on any atom is 0.229 e. The summed E-state index contributed by atoms with van der Waals surface area (Å²) >= 11 is 5.15. The minimum atomic E-state index is 0.129.